The molecule has 2 aliphatic heterocycles. The Morgan fingerprint density at radius 2 is 2.20 bits per heavy atom. The lowest BCUT2D eigenvalue weighted by Gasteiger charge is -2.24. The summed E-state index contributed by atoms with van der Waals surface area (Å²) in [5.41, 5.74) is 0.617. The topological polar surface area (TPSA) is 43.8 Å². The molecule has 1 amide bonds. The minimum atomic E-state index is -0.315. The van der Waals surface area contributed by atoms with Crippen molar-refractivity contribution in [2.24, 2.45) is 5.41 Å². The Kier molecular flexibility index (Phi) is 3.48. The van der Waals surface area contributed by atoms with E-state index < -0.39 is 0 Å². The molecule has 20 heavy (non-hydrogen) atoms. The predicted octanol–water partition coefficient (Wildman–Crippen LogP) is 1.25. The van der Waals surface area contributed by atoms with Crippen molar-refractivity contribution in [3.63, 3.8) is 0 Å². The van der Waals surface area contributed by atoms with Crippen LogP contribution in [0, 0.1) is 11.2 Å². The standard InChI is InChI=1S/C15H19FN2O2/c16-12-2-1-3-13(8-12)18-11-15(9-14(18)20)4-5-17(10-15)6-7-19/h1-3,8,19H,4-7,9-11H2/t15-/m1/s1. The number of rotatable bonds is 3. The van der Waals surface area contributed by atoms with Crippen LogP contribution in [0.4, 0.5) is 10.1 Å². The lowest BCUT2D eigenvalue weighted by Crippen LogP contribution is -2.32. The molecular formula is C15H19FN2O2. The number of hydrogen-bond acceptors (Lipinski definition) is 3. The fourth-order valence-electron chi connectivity index (χ4n) is 3.41. The Labute approximate surface area is 117 Å². The van der Waals surface area contributed by atoms with Gasteiger partial charge in [-0.2, -0.15) is 0 Å². The van der Waals surface area contributed by atoms with Gasteiger partial charge < -0.3 is 14.9 Å². The molecular weight excluding hydrogens is 259 g/mol. The maximum Gasteiger partial charge on any atom is 0.227 e. The average molecular weight is 278 g/mol. The first-order valence-electron chi connectivity index (χ1n) is 7.01. The second-order valence-corrected chi connectivity index (χ2v) is 5.89. The molecule has 4 nitrogen and oxygen atoms in total. The average Bonchev–Trinajstić information content (AvgIpc) is 2.94. The summed E-state index contributed by atoms with van der Waals surface area (Å²) in [6, 6.07) is 6.21. The Hall–Kier alpha value is -1.46. The van der Waals surface area contributed by atoms with Gasteiger partial charge in [0.2, 0.25) is 5.91 Å². The first kappa shape index (κ1) is 13.5. The van der Waals surface area contributed by atoms with E-state index >= 15 is 0 Å². The Bertz CT molecular complexity index is 522. The number of likely N-dealkylation sites (tertiary alicyclic amines) is 1. The van der Waals surface area contributed by atoms with Crippen molar-refractivity contribution in [3.05, 3.63) is 30.1 Å². The molecule has 2 fully saturated rings. The third kappa shape index (κ3) is 2.43. The minimum Gasteiger partial charge on any atom is -0.395 e. The van der Waals surface area contributed by atoms with Crippen LogP contribution in [-0.4, -0.2) is 48.7 Å². The highest BCUT2D eigenvalue weighted by Crippen LogP contribution is 2.41. The highest BCUT2D eigenvalue weighted by atomic mass is 19.1. The Morgan fingerprint density at radius 3 is 2.95 bits per heavy atom. The summed E-state index contributed by atoms with van der Waals surface area (Å²) < 4.78 is 13.3. The number of amides is 1. The summed E-state index contributed by atoms with van der Waals surface area (Å²) in [5, 5.41) is 9.01. The molecule has 0 radical (unpaired) electrons. The van der Waals surface area contributed by atoms with Gasteiger partial charge in [-0.1, -0.05) is 6.07 Å². The molecule has 0 aromatic heterocycles. The number of anilines is 1. The first-order valence-corrected chi connectivity index (χ1v) is 7.01. The summed E-state index contributed by atoms with van der Waals surface area (Å²) in [7, 11) is 0. The van der Waals surface area contributed by atoms with E-state index in [1.54, 1.807) is 17.0 Å². The Morgan fingerprint density at radius 1 is 1.35 bits per heavy atom. The molecule has 2 saturated heterocycles. The number of nitrogens with zero attached hydrogens (tertiary/aromatic N) is 2. The van der Waals surface area contributed by atoms with Crippen LogP contribution in [0.5, 0.6) is 0 Å². The van der Waals surface area contributed by atoms with E-state index in [-0.39, 0.29) is 23.7 Å². The molecule has 1 aromatic rings. The van der Waals surface area contributed by atoms with Gasteiger partial charge in [0.05, 0.1) is 6.61 Å². The summed E-state index contributed by atoms with van der Waals surface area (Å²) >= 11 is 0. The number of hydrogen-bond donors (Lipinski definition) is 1. The van der Waals surface area contributed by atoms with Gasteiger partial charge in [-0.05, 0) is 31.2 Å². The third-order valence-electron chi connectivity index (χ3n) is 4.37. The maximum absolute atomic E-state index is 13.3. The molecule has 2 aliphatic rings. The zero-order valence-corrected chi connectivity index (χ0v) is 11.4. The zero-order valence-electron chi connectivity index (χ0n) is 11.4. The van der Waals surface area contributed by atoms with Gasteiger partial charge in [-0.15, -0.1) is 0 Å². The summed E-state index contributed by atoms with van der Waals surface area (Å²) in [6.45, 7) is 3.22. The normalized spacial score (nSPS) is 26.9. The summed E-state index contributed by atoms with van der Waals surface area (Å²) in [5.74, 6) is -0.244. The van der Waals surface area contributed by atoms with E-state index in [1.165, 1.54) is 12.1 Å². The second kappa shape index (κ2) is 5.14. The lowest BCUT2D eigenvalue weighted by molar-refractivity contribution is -0.117. The van der Waals surface area contributed by atoms with Gasteiger partial charge in [-0.3, -0.25) is 4.79 Å². The fourth-order valence-corrected chi connectivity index (χ4v) is 3.41. The van der Waals surface area contributed by atoms with E-state index in [0.717, 1.165) is 19.5 Å². The van der Waals surface area contributed by atoms with Crippen molar-refractivity contribution in [3.8, 4) is 0 Å². The maximum atomic E-state index is 13.3. The smallest absolute Gasteiger partial charge is 0.227 e. The van der Waals surface area contributed by atoms with Crippen LogP contribution < -0.4 is 4.90 Å². The molecule has 108 valence electrons. The number of aliphatic hydroxyl groups excluding tert-OH is 1. The van der Waals surface area contributed by atoms with Crippen LogP contribution in [0.2, 0.25) is 0 Å². The quantitative estimate of drug-likeness (QED) is 0.905. The van der Waals surface area contributed by atoms with Crippen molar-refractivity contribution in [2.45, 2.75) is 12.8 Å². The van der Waals surface area contributed by atoms with E-state index in [4.69, 9.17) is 5.11 Å². The molecule has 3 rings (SSSR count). The lowest BCUT2D eigenvalue weighted by atomic mass is 9.86. The molecule has 0 unspecified atom stereocenters. The van der Waals surface area contributed by atoms with E-state index in [9.17, 15) is 9.18 Å². The van der Waals surface area contributed by atoms with E-state index in [0.29, 0.717) is 25.2 Å². The zero-order chi connectivity index (χ0) is 14.2. The van der Waals surface area contributed by atoms with E-state index in [1.807, 2.05) is 0 Å². The highest BCUT2D eigenvalue weighted by Gasteiger charge is 2.47. The van der Waals surface area contributed by atoms with Crippen LogP contribution in [0.25, 0.3) is 0 Å². The number of benzene rings is 1. The molecule has 1 aromatic carbocycles. The van der Waals surface area contributed by atoms with Gasteiger partial charge in [0, 0.05) is 37.2 Å². The molecule has 1 N–H and O–H groups in total. The van der Waals surface area contributed by atoms with Gasteiger partial charge in [0.1, 0.15) is 5.82 Å². The Balaban J connectivity index is 1.76. The van der Waals surface area contributed by atoms with Crippen LogP contribution in [-0.2, 0) is 4.79 Å². The van der Waals surface area contributed by atoms with Gasteiger partial charge in [-0.25, -0.2) is 4.39 Å². The molecule has 0 aliphatic carbocycles. The van der Waals surface area contributed by atoms with Crippen LogP contribution in [0.1, 0.15) is 12.8 Å². The predicted molar refractivity (Wildman–Crippen MR) is 73.9 cm³/mol. The SMILES string of the molecule is O=C1C[C@@]2(CCN(CCO)C2)CN1c1cccc(F)c1. The number of aliphatic hydroxyl groups is 1. The molecule has 1 atom stereocenters. The van der Waals surface area contributed by atoms with Crippen molar-refractivity contribution >= 4 is 11.6 Å². The highest BCUT2D eigenvalue weighted by molar-refractivity contribution is 5.96. The molecule has 2 heterocycles. The van der Waals surface area contributed by atoms with Crippen molar-refractivity contribution in [2.75, 3.05) is 37.7 Å². The third-order valence-corrected chi connectivity index (χ3v) is 4.37. The molecule has 1 spiro atoms. The van der Waals surface area contributed by atoms with Crippen LogP contribution in [0.3, 0.4) is 0 Å². The van der Waals surface area contributed by atoms with Crippen LogP contribution in [0.15, 0.2) is 24.3 Å². The number of carbonyl (C=O) groups excluding carboxylic acids is 1. The molecule has 0 bridgehead atoms. The number of halogens is 1. The van der Waals surface area contributed by atoms with Crippen molar-refractivity contribution in [1.82, 2.24) is 4.90 Å². The minimum absolute atomic E-state index is 0.0292. The second-order valence-electron chi connectivity index (χ2n) is 5.89. The van der Waals surface area contributed by atoms with Crippen molar-refractivity contribution in [1.29, 1.82) is 0 Å². The summed E-state index contributed by atoms with van der Waals surface area (Å²) in [6.07, 6.45) is 1.48. The number of carbonyl (C=O) groups is 1. The fraction of sp³-hybridized carbons (Fsp3) is 0.533. The van der Waals surface area contributed by atoms with Gasteiger partial charge in [0.15, 0.2) is 0 Å². The monoisotopic (exact) mass is 278 g/mol. The molecule has 5 heteroatoms. The number of β-amino-alcohol motifs (C(OH)–C–C–N with tert-alkyl or cyclic N) is 1. The van der Waals surface area contributed by atoms with E-state index in [2.05, 4.69) is 4.90 Å². The van der Waals surface area contributed by atoms with Gasteiger partial charge >= 0.3 is 0 Å². The summed E-state index contributed by atoms with van der Waals surface area (Å²) in [4.78, 5) is 16.1. The molecule has 0 saturated carbocycles. The largest absolute Gasteiger partial charge is 0.395 e. The van der Waals surface area contributed by atoms with Crippen molar-refractivity contribution < 1.29 is 14.3 Å². The van der Waals surface area contributed by atoms with Crippen LogP contribution >= 0.6 is 0 Å². The van der Waals surface area contributed by atoms with Gasteiger partial charge in [0.25, 0.3) is 0 Å². The first-order chi connectivity index (χ1) is 9.62.